The first-order chi connectivity index (χ1) is 4.50. The molecule has 0 aliphatic heterocycles. The smallest absolute Gasteiger partial charge is 0.356 e. The number of hydrogen-bond acceptors (Lipinski definition) is 0. The van der Waals surface area contributed by atoms with E-state index in [-0.39, 0.29) is 5.02 Å². The average molecular weight is 170 g/mol. The lowest BCUT2D eigenvalue weighted by Crippen LogP contribution is -2.04. The molecule has 10 heavy (non-hydrogen) atoms. The molecule has 1 N–H and O–H groups in total. The van der Waals surface area contributed by atoms with E-state index in [1.165, 1.54) is 0 Å². The van der Waals surface area contributed by atoms with E-state index < -0.39 is 11.9 Å². The molecule has 1 heterocycles. The van der Waals surface area contributed by atoms with Gasteiger partial charge in [-0.3, -0.25) is 0 Å². The maximum absolute atomic E-state index is 11.7. The predicted molar refractivity (Wildman–Crippen MR) is 30.8 cm³/mol. The number of aromatic nitrogens is 1. The number of hydrogen-bond donors (Lipinski definition) is 1. The summed E-state index contributed by atoms with van der Waals surface area (Å²) in [5, 5.41) is 0.0623. The Balaban J connectivity index is 2.96. The zero-order valence-corrected chi connectivity index (χ0v) is 5.42. The van der Waals surface area contributed by atoms with Crippen molar-refractivity contribution in [1.29, 1.82) is 0 Å². The van der Waals surface area contributed by atoms with Gasteiger partial charge >= 0.3 is 6.18 Å². The highest BCUT2D eigenvalue weighted by Crippen LogP contribution is 2.29. The molecule has 0 amide bonds. The van der Waals surface area contributed by atoms with Crippen LogP contribution in [0.2, 0.25) is 5.02 Å². The molecule has 0 saturated heterocycles. The van der Waals surface area contributed by atoms with Crippen LogP contribution < -0.4 is 0 Å². The maximum Gasteiger partial charge on any atom is 0.431 e. The highest BCUT2D eigenvalue weighted by molar-refractivity contribution is 6.30. The third-order valence-electron chi connectivity index (χ3n) is 0.953. The molecule has 1 aromatic heterocycles. The largest absolute Gasteiger partial charge is 0.431 e. The SMILES string of the molecule is FC(F)(F)c1cc(Cl)c[nH]1. The number of rotatable bonds is 0. The second-order valence-corrected chi connectivity index (χ2v) is 2.17. The highest BCUT2D eigenvalue weighted by atomic mass is 35.5. The predicted octanol–water partition coefficient (Wildman–Crippen LogP) is 2.69. The number of halogens is 4. The fraction of sp³-hybridized carbons (Fsp3) is 0.200. The van der Waals surface area contributed by atoms with Crippen LogP contribution in [0.25, 0.3) is 0 Å². The molecule has 56 valence electrons. The van der Waals surface area contributed by atoms with E-state index in [1.54, 1.807) is 0 Å². The van der Waals surface area contributed by atoms with Crippen LogP contribution in [0, 0.1) is 0 Å². The van der Waals surface area contributed by atoms with Crippen molar-refractivity contribution >= 4 is 11.6 Å². The van der Waals surface area contributed by atoms with Crippen molar-refractivity contribution in [1.82, 2.24) is 4.98 Å². The van der Waals surface area contributed by atoms with Crippen LogP contribution in [0.3, 0.4) is 0 Å². The lowest BCUT2D eigenvalue weighted by Gasteiger charge is -2.00. The van der Waals surface area contributed by atoms with Crippen LogP contribution in [-0.2, 0) is 6.18 Å². The monoisotopic (exact) mass is 169 g/mol. The summed E-state index contributed by atoms with van der Waals surface area (Å²) in [6.07, 6.45) is -3.24. The van der Waals surface area contributed by atoms with E-state index in [4.69, 9.17) is 11.6 Å². The van der Waals surface area contributed by atoms with Crippen molar-refractivity contribution in [3.63, 3.8) is 0 Å². The molecule has 0 spiro atoms. The Hall–Kier alpha value is -0.640. The summed E-state index contributed by atoms with van der Waals surface area (Å²) >= 11 is 5.24. The van der Waals surface area contributed by atoms with Crippen molar-refractivity contribution in [2.75, 3.05) is 0 Å². The Morgan fingerprint density at radius 1 is 1.40 bits per heavy atom. The third kappa shape index (κ3) is 1.44. The number of aromatic amines is 1. The lowest BCUT2D eigenvalue weighted by molar-refractivity contribution is -0.140. The van der Waals surface area contributed by atoms with Gasteiger partial charge in [-0.2, -0.15) is 13.2 Å². The normalized spacial score (nSPS) is 12.0. The zero-order chi connectivity index (χ0) is 7.78. The minimum Gasteiger partial charge on any atom is -0.356 e. The molecule has 1 nitrogen and oxygen atoms in total. The minimum absolute atomic E-state index is 0.0623. The molecular weight excluding hydrogens is 167 g/mol. The van der Waals surface area contributed by atoms with Crippen LogP contribution in [0.5, 0.6) is 0 Å². The van der Waals surface area contributed by atoms with Crippen LogP contribution in [0.15, 0.2) is 12.3 Å². The molecule has 0 unspecified atom stereocenters. The Kier molecular flexibility index (Phi) is 1.64. The molecule has 0 saturated carbocycles. The second kappa shape index (κ2) is 2.20. The first kappa shape index (κ1) is 7.47. The summed E-state index contributed by atoms with van der Waals surface area (Å²) in [6, 6.07) is 0.835. The number of alkyl halides is 3. The van der Waals surface area contributed by atoms with E-state index in [9.17, 15) is 13.2 Å². The van der Waals surface area contributed by atoms with Crippen LogP contribution >= 0.6 is 11.6 Å². The standard InChI is InChI=1S/C5H3ClF3N/c6-3-1-4(10-2-3)5(7,8)9/h1-2,10H. The lowest BCUT2D eigenvalue weighted by atomic mass is 10.4. The highest BCUT2D eigenvalue weighted by Gasteiger charge is 2.31. The van der Waals surface area contributed by atoms with Crippen molar-refractivity contribution in [3.05, 3.63) is 23.0 Å². The Morgan fingerprint density at radius 2 is 2.00 bits per heavy atom. The molecule has 0 fully saturated rings. The van der Waals surface area contributed by atoms with Gasteiger partial charge in [-0.25, -0.2) is 0 Å². The first-order valence-corrected chi connectivity index (χ1v) is 2.79. The van der Waals surface area contributed by atoms with Gasteiger partial charge in [0.15, 0.2) is 0 Å². The Morgan fingerprint density at radius 3 is 2.20 bits per heavy atom. The van der Waals surface area contributed by atoms with Crippen molar-refractivity contribution in [2.45, 2.75) is 6.18 Å². The van der Waals surface area contributed by atoms with Gasteiger partial charge in [-0.1, -0.05) is 11.6 Å². The summed E-state index contributed by atoms with van der Waals surface area (Å²) in [5.74, 6) is 0. The van der Waals surface area contributed by atoms with E-state index in [0.717, 1.165) is 12.3 Å². The van der Waals surface area contributed by atoms with Crippen LogP contribution in [0.4, 0.5) is 13.2 Å². The maximum atomic E-state index is 11.7. The van der Waals surface area contributed by atoms with Gasteiger partial charge in [0.1, 0.15) is 5.69 Å². The van der Waals surface area contributed by atoms with E-state index in [0.29, 0.717) is 0 Å². The number of nitrogens with one attached hydrogen (secondary N) is 1. The summed E-state index contributed by atoms with van der Waals surface area (Å²) in [6.45, 7) is 0. The number of H-pyrrole nitrogens is 1. The summed E-state index contributed by atoms with van der Waals surface area (Å²) in [5.41, 5.74) is -0.822. The molecule has 0 aliphatic rings. The van der Waals surface area contributed by atoms with E-state index in [1.807, 2.05) is 4.98 Å². The van der Waals surface area contributed by atoms with Gasteiger partial charge in [-0.05, 0) is 6.07 Å². The van der Waals surface area contributed by atoms with Crippen molar-refractivity contribution in [3.8, 4) is 0 Å². The average Bonchev–Trinajstić information content (AvgIpc) is 2.11. The molecule has 1 rings (SSSR count). The summed E-state index contributed by atoms with van der Waals surface area (Å²) in [4.78, 5) is 1.99. The molecule has 0 radical (unpaired) electrons. The van der Waals surface area contributed by atoms with E-state index >= 15 is 0 Å². The Bertz CT molecular complexity index is 227. The van der Waals surface area contributed by atoms with Gasteiger partial charge in [0.25, 0.3) is 0 Å². The van der Waals surface area contributed by atoms with Gasteiger partial charge < -0.3 is 4.98 Å². The van der Waals surface area contributed by atoms with Crippen molar-refractivity contribution < 1.29 is 13.2 Å². The van der Waals surface area contributed by atoms with Gasteiger partial charge in [0.05, 0.1) is 5.02 Å². The fourth-order valence-corrected chi connectivity index (χ4v) is 0.695. The molecule has 5 heteroatoms. The quantitative estimate of drug-likeness (QED) is 0.615. The van der Waals surface area contributed by atoms with Gasteiger partial charge in [0.2, 0.25) is 0 Å². The molecule has 0 aromatic carbocycles. The molecule has 0 atom stereocenters. The van der Waals surface area contributed by atoms with Gasteiger partial charge in [-0.15, -0.1) is 0 Å². The zero-order valence-electron chi connectivity index (χ0n) is 4.67. The second-order valence-electron chi connectivity index (χ2n) is 1.73. The molecular formula is C5H3ClF3N. The summed E-state index contributed by atoms with van der Waals surface area (Å²) in [7, 11) is 0. The summed E-state index contributed by atoms with van der Waals surface area (Å²) < 4.78 is 35.1. The topological polar surface area (TPSA) is 15.8 Å². The third-order valence-corrected chi connectivity index (χ3v) is 1.17. The Labute approximate surface area is 59.8 Å². The van der Waals surface area contributed by atoms with Crippen LogP contribution in [0.1, 0.15) is 5.69 Å². The molecule has 0 bridgehead atoms. The van der Waals surface area contributed by atoms with Crippen LogP contribution in [-0.4, -0.2) is 4.98 Å². The molecule has 1 aromatic rings. The van der Waals surface area contributed by atoms with Gasteiger partial charge in [0, 0.05) is 6.20 Å². The first-order valence-electron chi connectivity index (χ1n) is 2.41. The minimum atomic E-state index is -4.33. The fourth-order valence-electron chi connectivity index (χ4n) is 0.532. The van der Waals surface area contributed by atoms with E-state index in [2.05, 4.69) is 0 Å². The van der Waals surface area contributed by atoms with Crippen molar-refractivity contribution in [2.24, 2.45) is 0 Å². The molecule has 0 aliphatic carbocycles.